The van der Waals surface area contributed by atoms with Gasteiger partial charge in [0.1, 0.15) is 0 Å². The normalized spacial score (nSPS) is 14.1. The summed E-state index contributed by atoms with van der Waals surface area (Å²) < 4.78 is 2.03. The molecule has 0 aliphatic carbocycles. The molecule has 21 heavy (non-hydrogen) atoms. The van der Waals surface area contributed by atoms with Crippen molar-refractivity contribution in [3.63, 3.8) is 0 Å². The van der Waals surface area contributed by atoms with Crippen molar-refractivity contribution < 1.29 is 9.90 Å². The predicted molar refractivity (Wildman–Crippen MR) is 85.1 cm³/mol. The fourth-order valence-corrected chi connectivity index (χ4v) is 2.49. The van der Waals surface area contributed by atoms with Crippen LogP contribution in [-0.2, 0) is 18.3 Å². The number of aryl methyl sites for hydroxylation is 1. The molecule has 1 heterocycles. The summed E-state index contributed by atoms with van der Waals surface area (Å²) in [6.07, 6.45) is 2.76. The zero-order chi connectivity index (χ0) is 15.4. The minimum Gasteiger partial charge on any atom is -0.391 e. The highest BCUT2D eigenvalue weighted by Crippen LogP contribution is 2.20. The Morgan fingerprint density at radius 1 is 1.38 bits per heavy atom. The Kier molecular flexibility index (Phi) is 5.02. The largest absolute Gasteiger partial charge is 0.391 e. The number of carbonyl (C=O) groups is 1. The fourth-order valence-electron chi connectivity index (χ4n) is 2.49. The van der Waals surface area contributed by atoms with E-state index in [4.69, 9.17) is 0 Å². The number of nitrogens with one attached hydrogen (secondary N) is 1. The van der Waals surface area contributed by atoms with Gasteiger partial charge in [-0.3, -0.25) is 4.79 Å². The maximum absolute atomic E-state index is 12.0. The first-order chi connectivity index (χ1) is 10.0. The number of benzene rings is 1. The lowest BCUT2D eigenvalue weighted by atomic mass is 10.0. The summed E-state index contributed by atoms with van der Waals surface area (Å²) in [5.41, 5.74) is 2.14. The first-order valence-corrected chi connectivity index (χ1v) is 7.50. The van der Waals surface area contributed by atoms with E-state index in [0.29, 0.717) is 13.0 Å². The monoisotopic (exact) mass is 288 g/mol. The van der Waals surface area contributed by atoms with Gasteiger partial charge < -0.3 is 15.0 Å². The number of aliphatic hydroxyl groups is 1. The van der Waals surface area contributed by atoms with Gasteiger partial charge in [-0.15, -0.1) is 0 Å². The summed E-state index contributed by atoms with van der Waals surface area (Å²) in [7, 11) is 1.98. The molecular formula is C17H24N2O2. The Hall–Kier alpha value is -1.81. The van der Waals surface area contributed by atoms with Crippen molar-refractivity contribution in [1.82, 2.24) is 9.88 Å². The Bertz CT molecular complexity index is 618. The van der Waals surface area contributed by atoms with Crippen LogP contribution in [0.15, 0.2) is 30.5 Å². The number of hydrogen-bond acceptors (Lipinski definition) is 2. The lowest BCUT2D eigenvalue weighted by Gasteiger charge is -2.17. The number of para-hydroxylation sites is 1. The average Bonchev–Trinajstić information content (AvgIpc) is 2.80. The fraction of sp³-hybridized carbons (Fsp3) is 0.471. The number of nitrogens with zero attached hydrogens (tertiary/aromatic N) is 1. The Labute approximate surface area is 125 Å². The van der Waals surface area contributed by atoms with Gasteiger partial charge in [-0.25, -0.2) is 0 Å². The second-order valence-electron chi connectivity index (χ2n) is 5.72. The summed E-state index contributed by atoms with van der Waals surface area (Å²) in [4.78, 5) is 12.0. The quantitative estimate of drug-likeness (QED) is 0.856. The van der Waals surface area contributed by atoms with Crippen molar-refractivity contribution >= 4 is 16.8 Å². The van der Waals surface area contributed by atoms with Crippen LogP contribution in [0.3, 0.4) is 0 Å². The zero-order valence-corrected chi connectivity index (χ0v) is 13.0. The smallest absolute Gasteiger partial charge is 0.224 e. The SMILES string of the molecule is CCC(C)C(O)CNC(=O)Cc1cn(C)c2ccccc12. The highest BCUT2D eigenvalue weighted by atomic mass is 16.3. The molecule has 4 heteroatoms. The Morgan fingerprint density at radius 2 is 2.10 bits per heavy atom. The minimum absolute atomic E-state index is 0.0475. The van der Waals surface area contributed by atoms with Crippen LogP contribution in [-0.4, -0.2) is 28.2 Å². The molecular weight excluding hydrogens is 264 g/mol. The van der Waals surface area contributed by atoms with E-state index >= 15 is 0 Å². The molecule has 0 saturated carbocycles. The number of fused-ring (bicyclic) bond motifs is 1. The topological polar surface area (TPSA) is 54.3 Å². The molecule has 0 saturated heterocycles. The first-order valence-electron chi connectivity index (χ1n) is 7.50. The third-order valence-corrected chi connectivity index (χ3v) is 4.14. The van der Waals surface area contributed by atoms with E-state index < -0.39 is 6.10 Å². The molecule has 2 N–H and O–H groups in total. The number of carbonyl (C=O) groups excluding carboxylic acids is 1. The van der Waals surface area contributed by atoms with Gasteiger partial charge in [0.2, 0.25) is 5.91 Å². The van der Waals surface area contributed by atoms with Gasteiger partial charge in [-0.1, -0.05) is 38.5 Å². The van der Waals surface area contributed by atoms with Gasteiger partial charge >= 0.3 is 0 Å². The van der Waals surface area contributed by atoms with E-state index in [-0.39, 0.29) is 11.8 Å². The third kappa shape index (κ3) is 3.64. The van der Waals surface area contributed by atoms with Crippen LogP contribution in [0.4, 0.5) is 0 Å². The predicted octanol–water partition coefficient (Wildman–Crippen LogP) is 2.24. The molecule has 0 radical (unpaired) electrons. The van der Waals surface area contributed by atoms with Crippen LogP contribution in [0.5, 0.6) is 0 Å². The first kappa shape index (κ1) is 15.6. The number of hydrogen-bond donors (Lipinski definition) is 2. The van der Waals surface area contributed by atoms with E-state index in [9.17, 15) is 9.90 Å². The number of rotatable bonds is 6. The van der Waals surface area contributed by atoms with Crippen molar-refractivity contribution in [1.29, 1.82) is 0 Å². The summed E-state index contributed by atoms with van der Waals surface area (Å²) in [5, 5.41) is 13.8. The van der Waals surface area contributed by atoms with Gasteiger partial charge in [0.05, 0.1) is 12.5 Å². The molecule has 2 atom stereocenters. The van der Waals surface area contributed by atoms with Crippen molar-refractivity contribution in [2.45, 2.75) is 32.8 Å². The molecule has 0 aliphatic rings. The van der Waals surface area contributed by atoms with E-state index in [2.05, 4.69) is 5.32 Å². The van der Waals surface area contributed by atoms with Crippen LogP contribution < -0.4 is 5.32 Å². The van der Waals surface area contributed by atoms with Crippen molar-refractivity contribution in [3.8, 4) is 0 Å². The second kappa shape index (κ2) is 6.76. The molecule has 2 rings (SSSR count). The number of aliphatic hydroxyl groups excluding tert-OH is 1. The van der Waals surface area contributed by atoms with Crippen LogP contribution >= 0.6 is 0 Å². The highest BCUT2D eigenvalue weighted by molar-refractivity contribution is 5.89. The maximum atomic E-state index is 12.0. The Morgan fingerprint density at radius 3 is 2.81 bits per heavy atom. The molecule has 1 aromatic heterocycles. The maximum Gasteiger partial charge on any atom is 0.224 e. The van der Waals surface area contributed by atoms with Crippen LogP contribution in [0.25, 0.3) is 10.9 Å². The highest BCUT2D eigenvalue weighted by Gasteiger charge is 2.14. The van der Waals surface area contributed by atoms with Gasteiger partial charge in [0.15, 0.2) is 0 Å². The van der Waals surface area contributed by atoms with Gasteiger partial charge in [-0.05, 0) is 17.5 Å². The summed E-state index contributed by atoms with van der Waals surface area (Å²) in [6, 6.07) is 8.06. The standard InChI is InChI=1S/C17H24N2O2/c1-4-12(2)16(20)10-18-17(21)9-13-11-19(3)15-8-6-5-7-14(13)15/h5-8,11-12,16,20H,4,9-10H2,1-3H3,(H,18,21). The molecule has 0 spiro atoms. The lowest BCUT2D eigenvalue weighted by molar-refractivity contribution is -0.121. The van der Waals surface area contributed by atoms with E-state index in [1.165, 1.54) is 0 Å². The van der Waals surface area contributed by atoms with E-state index in [1.807, 2.05) is 55.9 Å². The third-order valence-electron chi connectivity index (χ3n) is 4.14. The van der Waals surface area contributed by atoms with Gasteiger partial charge in [-0.2, -0.15) is 0 Å². The summed E-state index contributed by atoms with van der Waals surface area (Å²) >= 11 is 0. The molecule has 114 valence electrons. The molecule has 0 bridgehead atoms. The van der Waals surface area contributed by atoms with Crippen molar-refractivity contribution in [3.05, 3.63) is 36.0 Å². The summed E-state index contributed by atoms with van der Waals surface area (Å²) in [6.45, 7) is 4.34. The molecule has 1 amide bonds. The minimum atomic E-state index is -0.480. The zero-order valence-electron chi connectivity index (χ0n) is 13.0. The lowest BCUT2D eigenvalue weighted by Crippen LogP contribution is -2.36. The van der Waals surface area contributed by atoms with Crippen molar-refractivity contribution in [2.24, 2.45) is 13.0 Å². The van der Waals surface area contributed by atoms with Crippen LogP contribution in [0.2, 0.25) is 0 Å². The summed E-state index contributed by atoms with van der Waals surface area (Å²) in [5.74, 6) is 0.150. The number of amides is 1. The van der Waals surface area contributed by atoms with Crippen molar-refractivity contribution in [2.75, 3.05) is 6.54 Å². The molecule has 0 aliphatic heterocycles. The molecule has 0 fully saturated rings. The molecule has 2 unspecified atom stereocenters. The van der Waals surface area contributed by atoms with Gasteiger partial charge in [0.25, 0.3) is 0 Å². The average molecular weight is 288 g/mol. The molecule has 2 aromatic rings. The number of aromatic nitrogens is 1. The molecule has 4 nitrogen and oxygen atoms in total. The van der Waals surface area contributed by atoms with Gasteiger partial charge in [0, 0.05) is 30.7 Å². The molecule has 1 aromatic carbocycles. The van der Waals surface area contributed by atoms with E-state index in [0.717, 1.165) is 22.9 Å². The van der Waals surface area contributed by atoms with Crippen LogP contribution in [0.1, 0.15) is 25.8 Å². The second-order valence-corrected chi connectivity index (χ2v) is 5.72. The van der Waals surface area contributed by atoms with E-state index in [1.54, 1.807) is 0 Å². The Balaban J connectivity index is 1.99. The van der Waals surface area contributed by atoms with Crippen LogP contribution in [0, 0.1) is 5.92 Å².